The molecule has 0 radical (unpaired) electrons. The Hall–Kier alpha value is 0.690. The third-order valence-corrected chi connectivity index (χ3v) is 2.66. The van der Waals surface area contributed by atoms with E-state index >= 15 is 0 Å². The lowest BCUT2D eigenvalue weighted by Gasteiger charge is -2.05. The zero-order valence-electron chi connectivity index (χ0n) is 7.35. The maximum absolute atomic E-state index is 8.74. The van der Waals surface area contributed by atoms with Crippen molar-refractivity contribution in [3.8, 4) is 0 Å². The predicted molar refractivity (Wildman–Crippen MR) is 58.2 cm³/mol. The molecule has 0 aliphatic carbocycles. The molecule has 68 valence electrons. The molecular formula is C9H19IO. The molecule has 2 heteroatoms. The van der Waals surface area contributed by atoms with E-state index in [-0.39, 0.29) is 0 Å². The topological polar surface area (TPSA) is 20.2 Å². The quantitative estimate of drug-likeness (QED) is 0.428. The molecule has 0 aliphatic heterocycles. The van der Waals surface area contributed by atoms with E-state index in [0.717, 1.165) is 0 Å². The molecule has 1 nitrogen and oxygen atoms in total. The SMILES string of the molecule is CC(CO)CCCCCCI. The molecule has 0 aromatic heterocycles. The molecule has 0 heterocycles. The van der Waals surface area contributed by atoms with E-state index in [0.29, 0.717) is 12.5 Å². The lowest BCUT2D eigenvalue weighted by Crippen LogP contribution is -1.99. The second-order valence-electron chi connectivity index (χ2n) is 3.18. The van der Waals surface area contributed by atoms with Crippen molar-refractivity contribution in [1.82, 2.24) is 0 Å². The number of rotatable bonds is 7. The van der Waals surface area contributed by atoms with E-state index in [1.807, 2.05) is 0 Å². The van der Waals surface area contributed by atoms with Crippen LogP contribution in [0.3, 0.4) is 0 Å². The summed E-state index contributed by atoms with van der Waals surface area (Å²) in [6.07, 6.45) is 6.54. The van der Waals surface area contributed by atoms with Gasteiger partial charge >= 0.3 is 0 Å². The zero-order valence-corrected chi connectivity index (χ0v) is 9.51. The number of hydrogen-bond donors (Lipinski definition) is 1. The highest BCUT2D eigenvalue weighted by Gasteiger charge is 1.98. The zero-order chi connectivity index (χ0) is 8.53. The van der Waals surface area contributed by atoms with Gasteiger partial charge in [-0.3, -0.25) is 0 Å². The van der Waals surface area contributed by atoms with Gasteiger partial charge in [0.1, 0.15) is 0 Å². The fourth-order valence-electron chi connectivity index (χ4n) is 1.03. The van der Waals surface area contributed by atoms with Gasteiger partial charge in [0, 0.05) is 6.61 Å². The van der Waals surface area contributed by atoms with Crippen LogP contribution in [0.15, 0.2) is 0 Å². The Balaban J connectivity index is 2.89. The highest BCUT2D eigenvalue weighted by atomic mass is 127. The fourth-order valence-corrected chi connectivity index (χ4v) is 1.57. The molecular weight excluding hydrogens is 251 g/mol. The molecule has 0 rings (SSSR count). The summed E-state index contributed by atoms with van der Waals surface area (Å²) < 4.78 is 1.29. The molecule has 1 unspecified atom stereocenters. The van der Waals surface area contributed by atoms with Crippen LogP contribution >= 0.6 is 22.6 Å². The van der Waals surface area contributed by atoms with Crippen LogP contribution in [0.25, 0.3) is 0 Å². The molecule has 11 heavy (non-hydrogen) atoms. The normalized spacial score (nSPS) is 13.4. The van der Waals surface area contributed by atoms with E-state index in [1.54, 1.807) is 0 Å². The Labute approximate surface area is 83.7 Å². The molecule has 0 saturated carbocycles. The minimum atomic E-state index is 0.353. The van der Waals surface area contributed by atoms with Gasteiger partial charge in [0.2, 0.25) is 0 Å². The third-order valence-electron chi connectivity index (χ3n) is 1.89. The average molecular weight is 270 g/mol. The van der Waals surface area contributed by atoms with Crippen LogP contribution in [0, 0.1) is 5.92 Å². The van der Waals surface area contributed by atoms with E-state index in [2.05, 4.69) is 29.5 Å². The summed E-state index contributed by atoms with van der Waals surface area (Å²) in [5.74, 6) is 0.509. The molecule has 0 aromatic carbocycles. The van der Waals surface area contributed by atoms with Gasteiger partial charge in [0.25, 0.3) is 0 Å². The van der Waals surface area contributed by atoms with Gasteiger partial charge in [0.15, 0.2) is 0 Å². The Morgan fingerprint density at radius 2 is 1.82 bits per heavy atom. The van der Waals surface area contributed by atoms with Crippen molar-refractivity contribution >= 4 is 22.6 Å². The summed E-state index contributed by atoms with van der Waals surface area (Å²) in [5, 5.41) is 8.74. The van der Waals surface area contributed by atoms with Gasteiger partial charge in [-0.1, -0.05) is 48.8 Å². The van der Waals surface area contributed by atoms with E-state index in [9.17, 15) is 0 Å². The average Bonchev–Trinajstić information content (AvgIpc) is 2.04. The molecule has 0 aliphatic rings. The summed E-state index contributed by atoms with van der Waals surface area (Å²) >= 11 is 2.42. The van der Waals surface area contributed by atoms with Crippen molar-refractivity contribution in [2.24, 2.45) is 5.92 Å². The first-order valence-corrected chi connectivity index (χ1v) is 6.00. The number of aliphatic hydroxyl groups excluding tert-OH is 1. The summed E-state index contributed by atoms with van der Waals surface area (Å²) in [6, 6.07) is 0. The number of halogens is 1. The smallest absolute Gasteiger partial charge is 0.0456 e. The molecule has 0 aromatic rings. The molecule has 0 fully saturated rings. The molecule has 0 spiro atoms. The van der Waals surface area contributed by atoms with Crippen molar-refractivity contribution < 1.29 is 5.11 Å². The maximum Gasteiger partial charge on any atom is 0.0456 e. The lowest BCUT2D eigenvalue weighted by molar-refractivity contribution is 0.227. The Morgan fingerprint density at radius 3 is 2.36 bits per heavy atom. The second kappa shape index (κ2) is 8.78. The molecule has 1 atom stereocenters. The molecule has 0 saturated heterocycles. The van der Waals surface area contributed by atoms with Crippen LogP contribution in [-0.2, 0) is 0 Å². The second-order valence-corrected chi connectivity index (χ2v) is 4.26. The Bertz CT molecular complexity index is 76.0. The first-order valence-electron chi connectivity index (χ1n) is 4.48. The van der Waals surface area contributed by atoms with E-state index in [1.165, 1.54) is 36.5 Å². The van der Waals surface area contributed by atoms with Gasteiger partial charge in [-0.25, -0.2) is 0 Å². The first kappa shape index (κ1) is 11.7. The van der Waals surface area contributed by atoms with Crippen molar-refractivity contribution in [2.45, 2.75) is 39.0 Å². The minimum Gasteiger partial charge on any atom is -0.396 e. The standard InChI is InChI=1S/C9H19IO/c1-9(8-11)6-4-2-3-5-7-10/h9,11H,2-8H2,1H3. The third kappa shape index (κ3) is 8.60. The highest BCUT2D eigenvalue weighted by molar-refractivity contribution is 14.1. The number of hydrogen-bond acceptors (Lipinski definition) is 1. The van der Waals surface area contributed by atoms with Crippen molar-refractivity contribution in [3.05, 3.63) is 0 Å². The van der Waals surface area contributed by atoms with E-state index in [4.69, 9.17) is 5.11 Å². The summed E-state index contributed by atoms with van der Waals surface area (Å²) in [5.41, 5.74) is 0. The van der Waals surface area contributed by atoms with E-state index < -0.39 is 0 Å². The van der Waals surface area contributed by atoms with Crippen molar-refractivity contribution in [3.63, 3.8) is 0 Å². The monoisotopic (exact) mass is 270 g/mol. The van der Waals surface area contributed by atoms with Crippen LogP contribution in [0.1, 0.15) is 39.0 Å². The van der Waals surface area contributed by atoms with Gasteiger partial charge < -0.3 is 5.11 Å². The Morgan fingerprint density at radius 1 is 1.18 bits per heavy atom. The van der Waals surface area contributed by atoms with Crippen molar-refractivity contribution in [2.75, 3.05) is 11.0 Å². The molecule has 0 amide bonds. The fraction of sp³-hybridized carbons (Fsp3) is 1.00. The lowest BCUT2D eigenvalue weighted by atomic mass is 10.0. The Kier molecular flexibility index (Phi) is 9.33. The summed E-state index contributed by atoms with van der Waals surface area (Å²) in [6.45, 7) is 2.46. The number of aliphatic hydroxyl groups is 1. The van der Waals surface area contributed by atoms with Gasteiger partial charge in [-0.05, 0) is 23.2 Å². The summed E-state index contributed by atoms with van der Waals surface area (Å²) in [7, 11) is 0. The van der Waals surface area contributed by atoms with Crippen LogP contribution in [-0.4, -0.2) is 16.1 Å². The number of alkyl halides is 1. The highest BCUT2D eigenvalue weighted by Crippen LogP contribution is 2.10. The largest absolute Gasteiger partial charge is 0.396 e. The maximum atomic E-state index is 8.74. The molecule has 1 N–H and O–H groups in total. The van der Waals surface area contributed by atoms with Crippen LogP contribution in [0.2, 0.25) is 0 Å². The van der Waals surface area contributed by atoms with Crippen LogP contribution in [0.5, 0.6) is 0 Å². The summed E-state index contributed by atoms with van der Waals surface area (Å²) in [4.78, 5) is 0. The van der Waals surface area contributed by atoms with Crippen LogP contribution < -0.4 is 0 Å². The van der Waals surface area contributed by atoms with Crippen LogP contribution in [0.4, 0.5) is 0 Å². The van der Waals surface area contributed by atoms with Gasteiger partial charge in [-0.15, -0.1) is 0 Å². The minimum absolute atomic E-state index is 0.353. The van der Waals surface area contributed by atoms with Gasteiger partial charge in [-0.2, -0.15) is 0 Å². The van der Waals surface area contributed by atoms with Gasteiger partial charge in [0.05, 0.1) is 0 Å². The first-order chi connectivity index (χ1) is 5.31. The molecule has 0 bridgehead atoms. The predicted octanol–water partition coefficient (Wildman–Crippen LogP) is 3.00. The van der Waals surface area contributed by atoms with Crippen molar-refractivity contribution in [1.29, 1.82) is 0 Å². The number of unbranched alkanes of at least 4 members (excludes halogenated alkanes) is 3.